The van der Waals surface area contributed by atoms with Crippen LogP contribution in [-0.2, 0) is 6.54 Å². The summed E-state index contributed by atoms with van der Waals surface area (Å²) in [6.45, 7) is 8.13. The molecule has 0 saturated heterocycles. The fourth-order valence-corrected chi connectivity index (χ4v) is 3.25. The summed E-state index contributed by atoms with van der Waals surface area (Å²) in [6, 6.07) is 6.37. The second-order valence-electron chi connectivity index (χ2n) is 4.79. The molecule has 0 spiro atoms. The number of hydrogen-bond acceptors (Lipinski definition) is 5. The zero-order valence-electron chi connectivity index (χ0n) is 12.6. The Kier molecular flexibility index (Phi) is 5.09. The van der Waals surface area contributed by atoms with Crippen molar-refractivity contribution >= 4 is 16.5 Å². The van der Waals surface area contributed by atoms with Crippen molar-refractivity contribution in [3.05, 3.63) is 40.7 Å². The molecule has 0 aliphatic heterocycles. The molecule has 5 heteroatoms. The van der Waals surface area contributed by atoms with Crippen molar-refractivity contribution in [2.24, 2.45) is 0 Å². The van der Waals surface area contributed by atoms with Crippen LogP contribution in [-0.4, -0.2) is 23.6 Å². The molecule has 0 aromatic carbocycles. The summed E-state index contributed by atoms with van der Waals surface area (Å²) >= 11 is 1.77. The zero-order chi connectivity index (χ0) is 14.5. The highest BCUT2D eigenvalue weighted by Crippen LogP contribution is 2.31. The van der Waals surface area contributed by atoms with Crippen LogP contribution in [0.1, 0.15) is 36.2 Å². The summed E-state index contributed by atoms with van der Waals surface area (Å²) < 4.78 is 0. The van der Waals surface area contributed by atoms with Crippen LogP contribution in [0.2, 0.25) is 0 Å². The van der Waals surface area contributed by atoms with E-state index < -0.39 is 0 Å². The summed E-state index contributed by atoms with van der Waals surface area (Å²) in [7, 11) is 1.98. The van der Waals surface area contributed by atoms with E-state index in [1.165, 1.54) is 4.88 Å². The van der Waals surface area contributed by atoms with Gasteiger partial charge in [-0.1, -0.05) is 6.07 Å². The van der Waals surface area contributed by atoms with Crippen LogP contribution >= 0.6 is 11.3 Å². The van der Waals surface area contributed by atoms with Crippen LogP contribution in [0.4, 0.5) is 5.13 Å². The van der Waals surface area contributed by atoms with Gasteiger partial charge in [-0.15, -0.1) is 11.3 Å². The topological polar surface area (TPSA) is 41.1 Å². The molecule has 0 saturated carbocycles. The number of thiazole rings is 1. The summed E-state index contributed by atoms with van der Waals surface area (Å²) in [5.74, 6) is 0. The molecule has 0 bridgehead atoms. The molecule has 2 rings (SSSR count). The molecule has 0 aliphatic carbocycles. The molecule has 1 N–H and O–H groups in total. The van der Waals surface area contributed by atoms with E-state index in [0.29, 0.717) is 6.04 Å². The van der Waals surface area contributed by atoms with Gasteiger partial charge < -0.3 is 10.2 Å². The maximum atomic E-state index is 4.72. The predicted molar refractivity (Wildman–Crippen MR) is 85.3 cm³/mol. The molecule has 2 aromatic heterocycles. The first-order valence-electron chi connectivity index (χ1n) is 6.95. The average Bonchev–Trinajstić information content (AvgIpc) is 2.87. The molecule has 0 fully saturated rings. The molecule has 1 atom stereocenters. The van der Waals surface area contributed by atoms with Crippen LogP contribution < -0.4 is 10.2 Å². The summed E-state index contributed by atoms with van der Waals surface area (Å²) in [4.78, 5) is 12.7. The van der Waals surface area contributed by atoms with Gasteiger partial charge in [-0.05, 0) is 40.0 Å². The quantitative estimate of drug-likeness (QED) is 0.887. The highest BCUT2D eigenvalue weighted by atomic mass is 32.1. The number of pyridine rings is 1. The minimum atomic E-state index is 0.342. The van der Waals surface area contributed by atoms with Gasteiger partial charge >= 0.3 is 0 Å². The van der Waals surface area contributed by atoms with Crippen LogP contribution in [0.25, 0.3) is 0 Å². The molecule has 2 aromatic rings. The summed E-state index contributed by atoms with van der Waals surface area (Å²) in [6.07, 6.45) is 1.84. The van der Waals surface area contributed by atoms with Crippen LogP contribution in [0.5, 0.6) is 0 Å². The first-order valence-corrected chi connectivity index (χ1v) is 7.76. The molecule has 20 heavy (non-hydrogen) atoms. The maximum Gasteiger partial charge on any atom is 0.186 e. The zero-order valence-corrected chi connectivity index (χ0v) is 13.4. The fourth-order valence-electron chi connectivity index (χ4n) is 2.06. The van der Waals surface area contributed by atoms with Gasteiger partial charge in [-0.25, -0.2) is 4.98 Å². The van der Waals surface area contributed by atoms with Gasteiger partial charge in [0.15, 0.2) is 5.13 Å². The van der Waals surface area contributed by atoms with Gasteiger partial charge in [0.05, 0.1) is 17.9 Å². The second-order valence-corrected chi connectivity index (χ2v) is 5.80. The van der Waals surface area contributed by atoms with Crippen LogP contribution in [0, 0.1) is 6.92 Å². The molecule has 0 radical (unpaired) electrons. The minimum Gasteiger partial charge on any atom is -0.342 e. The Labute approximate surface area is 124 Å². The first-order chi connectivity index (χ1) is 9.65. The number of aromatic nitrogens is 2. The number of nitrogens with zero attached hydrogens (tertiary/aromatic N) is 3. The van der Waals surface area contributed by atoms with Crippen molar-refractivity contribution < 1.29 is 0 Å². The Morgan fingerprint density at radius 2 is 2.20 bits per heavy atom. The van der Waals surface area contributed by atoms with Crippen molar-refractivity contribution in [3.8, 4) is 0 Å². The van der Waals surface area contributed by atoms with E-state index in [0.717, 1.165) is 29.6 Å². The number of nitrogens with one attached hydrogen (secondary N) is 1. The lowest BCUT2D eigenvalue weighted by atomic mass is 10.2. The summed E-state index contributed by atoms with van der Waals surface area (Å²) in [5.41, 5.74) is 2.19. The van der Waals surface area contributed by atoms with Gasteiger partial charge in [-0.2, -0.15) is 0 Å². The van der Waals surface area contributed by atoms with Gasteiger partial charge in [0.25, 0.3) is 0 Å². The normalized spacial score (nSPS) is 12.4. The van der Waals surface area contributed by atoms with Crippen molar-refractivity contribution in [1.29, 1.82) is 0 Å². The van der Waals surface area contributed by atoms with E-state index in [1.54, 1.807) is 11.3 Å². The van der Waals surface area contributed by atoms with E-state index >= 15 is 0 Å². The smallest absolute Gasteiger partial charge is 0.186 e. The molecular formula is C15H22N4S. The lowest BCUT2D eigenvalue weighted by Gasteiger charge is -2.19. The highest BCUT2D eigenvalue weighted by molar-refractivity contribution is 7.15. The predicted octanol–water partition coefficient (Wildman–Crippen LogP) is 3.15. The van der Waals surface area contributed by atoms with Crippen molar-refractivity contribution in [2.45, 2.75) is 33.4 Å². The van der Waals surface area contributed by atoms with Crippen LogP contribution in [0.15, 0.2) is 24.4 Å². The summed E-state index contributed by atoms with van der Waals surface area (Å²) in [5, 5.41) is 4.36. The van der Waals surface area contributed by atoms with Gasteiger partial charge in [-0.3, -0.25) is 4.98 Å². The lowest BCUT2D eigenvalue weighted by molar-refractivity contribution is 0.658. The molecule has 108 valence electrons. The van der Waals surface area contributed by atoms with E-state index in [1.807, 2.05) is 25.4 Å². The fraction of sp³-hybridized carbons (Fsp3) is 0.467. The number of aryl methyl sites for hydroxylation is 1. The number of rotatable bonds is 6. The maximum absolute atomic E-state index is 4.72. The molecular weight excluding hydrogens is 268 g/mol. The van der Waals surface area contributed by atoms with Gasteiger partial charge in [0.2, 0.25) is 0 Å². The van der Waals surface area contributed by atoms with Gasteiger partial charge in [0, 0.05) is 23.7 Å². The standard InChI is InChI=1S/C15H22N4S/c1-5-19(10-13-8-6-7-9-17-13)15-18-12(3)14(20-15)11(2)16-4/h6-9,11,16H,5,10H2,1-4H3. The molecule has 4 nitrogen and oxygen atoms in total. The van der Waals surface area contributed by atoms with E-state index in [4.69, 9.17) is 4.98 Å². The largest absolute Gasteiger partial charge is 0.342 e. The van der Waals surface area contributed by atoms with Crippen molar-refractivity contribution in [2.75, 3.05) is 18.5 Å². The SMILES string of the molecule is CCN(Cc1ccccn1)c1nc(C)c(C(C)NC)s1. The van der Waals surface area contributed by atoms with Gasteiger partial charge in [0.1, 0.15) is 0 Å². The highest BCUT2D eigenvalue weighted by Gasteiger charge is 2.16. The lowest BCUT2D eigenvalue weighted by Crippen LogP contribution is -2.22. The average molecular weight is 290 g/mol. The van der Waals surface area contributed by atoms with E-state index in [-0.39, 0.29) is 0 Å². The Hall–Kier alpha value is -1.46. The number of anilines is 1. The second kappa shape index (κ2) is 6.81. The Morgan fingerprint density at radius 1 is 1.40 bits per heavy atom. The first kappa shape index (κ1) is 14.9. The van der Waals surface area contributed by atoms with E-state index in [9.17, 15) is 0 Å². The Morgan fingerprint density at radius 3 is 2.80 bits per heavy atom. The Bertz CT molecular complexity index is 538. The minimum absolute atomic E-state index is 0.342. The third-order valence-electron chi connectivity index (χ3n) is 3.38. The Balaban J connectivity index is 2.20. The monoisotopic (exact) mass is 290 g/mol. The molecule has 0 aliphatic rings. The van der Waals surface area contributed by atoms with E-state index in [2.05, 4.69) is 42.0 Å². The van der Waals surface area contributed by atoms with Crippen LogP contribution in [0.3, 0.4) is 0 Å². The molecule has 1 unspecified atom stereocenters. The molecule has 2 heterocycles. The third-order valence-corrected chi connectivity index (χ3v) is 4.78. The third kappa shape index (κ3) is 3.35. The van der Waals surface area contributed by atoms with Crippen molar-refractivity contribution in [3.63, 3.8) is 0 Å². The molecule has 0 amide bonds. The van der Waals surface area contributed by atoms with Crippen molar-refractivity contribution in [1.82, 2.24) is 15.3 Å². The number of hydrogen-bond donors (Lipinski definition) is 1.